The standard InChI is InChI=1S/C24H15NO2/c1-3-13-21-15(7-1)17-9-5-11-19(23(17)26-21)25-20-12-6-10-18-16-8-2-4-14-22(16)27-24(18)20/h1-14,25H. The molecule has 2 aromatic heterocycles. The highest BCUT2D eigenvalue weighted by Gasteiger charge is 2.14. The van der Waals surface area contributed by atoms with Crippen molar-refractivity contribution in [3.63, 3.8) is 0 Å². The van der Waals surface area contributed by atoms with Crippen molar-refractivity contribution >= 4 is 55.3 Å². The number of benzene rings is 4. The van der Waals surface area contributed by atoms with Gasteiger partial charge in [0.15, 0.2) is 11.2 Å². The van der Waals surface area contributed by atoms with Crippen LogP contribution < -0.4 is 5.32 Å². The van der Waals surface area contributed by atoms with Gasteiger partial charge in [-0.2, -0.15) is 0 Å². The first-order valence-corrected chi connectivity index (χ1v) is 8.96. The molecule has 6 rings (SSSR count). The Labute approximate surface area is 154 Å². The minimum Gasteiger partial charge on any atom is -0.454 e. The van der Waals surface area contributed by atoms with E-state index in [0.29, 0.717) is 0 Å². The first kappa shape index (κ1) is 14.4. The largest absolute Gasteiger partial charge is 0.454 e. The van der Waals surface area contributed by atoms with Crippen LogP contribution in [0.3, 0.4) is 0 Å². The summed E-state index contributed by atoms with van der Waals surface area (Å²) in [6.45, 7) is 0. The monoisotopic (exact) mass is 349 g/mol. The van der Waals surface area contributed by atoms with Gasteiger partial charge in [0.2, 0.25) is 0 Å². The first-order valence-electron chi connectivity index (χ1n) is 8.96. The summed E-state index contributed by atoms with van der Waals surface area (Å²) >= 11 is 0. The second-order valence-corrected chi connectivity index (χ2v) is 6.69. The Kier molecular flexibility index (Phi) is 2.88. The van der Waals surface area contributed by atoms with Crippen LogP contribution in [0.5, 0.6) is 0 Å². The number of nitrogens with one attached hydrogen (secondary N) is 1. The van der Waals surface area contributed by atoms with Gasteiger partial charge in [-0.15, -0.1) is 0 Å². The summed E-state index contributed by atoms with van der Waals surface area (Å²) in [6, 6.07) is 28.6. The Morgan fingerprint density at radius 1 is 0.444 bits per heavy atom. The Morgan fingerprint density at radius 2 is 0.889 bits per heavy atom. The normalized spacial score (nSPS) is 11.7. The smallest absolute Gasteiger partial charge is 0.158 e. The van der Waals surface area contributed by atoms with Gasteiger partial charge < -0.3 is 14.2 Å². The quantitative estimate of drug-likeness (QED) is 0.358. The summed E-state index contributed by atoms with van der Waals surface area (Å²) in [5.74, 6) is 0. The van der Waals surface area contributed by atoms with E-state index in [1.807, 2.05) is 60.7 Å². The van der Waals surface area contributed by atoms with E-state index in [-0.39, 0.29) is 0 Å². The summed E-state index contributed by atoms with van der Waals surface area (Å²) in [6.07, 6.45) is 0. The van der Waals surface area contributed by atoms with Crippen LogP contribution in [0, 0.1) is 0 Å². The van der Waals surface area contributed by atoms with Crippen molar-refractivity contribution in [2.24, 2.45) is 0 Å². The summed E-state index contributed by atoms with van der Waals surface area (Å²) in [5.41, 5.74) is 5.35. The Balaban J connectivity index is 1.57. The second-order valence-electron chi connectivity index (χ2n) is 6.69. The molecule has 2 heterocycles. The van der Waals surface area contributed by atoms with E-state index < -0.39 is 0 Å². The molecule has 6 aromatic rings. The Bertz CT molecular complexity index is 1340. The molecule has 0 saturated heterocycles. The van der Waals surface area contributed by atoms with Gasteiger partial charge in [-0.3, -0.25) is 0 Å². The minimum atomic E-state index is 0.854. The maximum atomic E-state index is 6.13. The van der Waals surface area contributed by atoms with Gasteiger partial charge in [-0.05, 0) is 24.3 Å². The van der Waals surface area contributed by atoms with Crippen LogP contribution in [0.25, 0.3) is 43.9 Å². The molecule has 0 unspecified atom stereocenters. The molecule has 1 N–H and O–H groups in total. The van der Waals surface area contributed by atoms with Crippen molar-refractivity contribution < 1.29 is 8.83 Å². The molecule has 4 aromatic carbocycles. The summed E-state index contributed by atoms with van der Waals surface area (Å²) in [5, 5.41) is 7.98. The lowest BCUT2D eigenvalue weighted by Gasteiger charge is -2.07. The minimum absolute atomic E-state index is 0.854. The maximum absolute atomic E-state index is 6.13. The zero-order chi connectivity index (χ0) is 17.8. The van der Waals surface area contributed by atoms with Crippen molar-refractivity contribution in [3.8, 4) is 0 Å². The molecule has 0 amide bonds. The SMILES string of the molecule is c1ccc2c(c1)oc1c(Nc3cccc4c3oc3ccccc34)cccc12. The molecule has 3 nitrogen and oxygen atoms in total. The predicted octanol–water partition coefficient (Wildman–Crippen LogP) is 7.23. The average Bonchev–Trinajstić information content (AvgIpc) is 3.28. The van der Waals surface area contributed by atoms with E-state index in [1.54, 1.807) is 0 Å². The average molecular weight is 349 g/mol. The molecular weight excluding hydrogens is 334 g/mol. The van der Waals surface area contributed by atoms with Crippen LogP contribution >= 0.6 is 0 Å². The molecule has 3 heteroatoms. The van der Waals surface area contributed by atoms with E-state index in [2.05, 4.69) is 29.6 Å². The van der Waals surface area contributed by atoms with Crippen LogP contribution in [-0.4, -0.2) is 0 Å². The van der Waals surface area contributed by atoms with Crippen LogP contribution in [0.15, 0.2) is 93.8 Å². The molecule has 0 spiro atoms. The molecular formula is C24H15NO2. The van der Waals surface area contributed by atoms with E-state index in [1.165, 1.54) is 0 Å². The van der Waals surface area contributed by atoms with Gasteiger partial charge >= 0.3 is 0 Å². The van der Waals surface area contributed by atoms with Gasteiger partial charge in [0.05, 0.1) is 11.4 Å². The van der Waals surface area contributed by atoms with Gasteiger partial charge in [0, 0.05) is 21.5 Å². The highest BCUT2D eigenvalue weighted by molar-refractivity contribution is 6.12. The van der Waals surface area contributed by atoms with Gasteiger partial charge in [0.1, 0.15) is 11.2 Å². The molecule has 0 atom stereocenters. The summed E-state index contributed by atoms with van der Waals surface area (Å²) in [4.78, 5) is 0. The Hall–Kier alpha value is -3.72. The molecule has 0 aliphatic heterocycles. The van der Waals surface area contributed by atoms with Crippen molar-refractivity contribution in [1.29, 1.82) is 0 Å². The lowest BCUT2D eigenvalue weighted by molar-refractivity contribution is 0.668. The van der Waals surface area contributed by atoms with Crippen LogP contribution in [0.1, 0.15) is 0 Å². The fraction of sp³-hybridized carbons (Fsp3) is 0. The molecule has 0 aliphatic carbocycles. The first-order chi connectivity index (χ1) is 13.4. The topological polar surface area (TPSA) is 38.3 Å². The molecule has 0 fully saturated rings. The van der Waals surface area contributed by atoms with Crippen molar-refractivity contribution in [3.05, 3.63) is 84.9 Å². The fourth-order valence-electron chi connectivity index (χ4n) is 3.84. The van der Waals surface area contributed by atoms with Crippen molar-refractivity contribution in [2.75, 3.05) is 5.32 Å². The zero-order valence-corrected chi connectivity index (χ0v) is 14.4. The molecule has 128 valence electrons. The fourth-order valence-corrected chi connectivity index (χ4v) is 3.84. The maximum Gasteiger partial charge on any atom is 0.158 e. The van der Waals surface area contributed by atoms with E-state index in [4.69, 9.17) is 8.83 Å². The Morgan fingerprint density at radius 3 is 1.41 bits per heavy atom. The lowest BCUT2D eigenvalue weighted by atomic mass is 10.1. The molecule has 0 radical (unpaired) electrons. The second kappa shape index (κ2) is 5.39. The van der Waals surface area contributed by atoms with Gasteiger partial charge in [-0.25, -0.2) is 0 Å². The number of furan rings is 2. The van der Waals surface area contributed by atoms with Crippen LogP contribution in [0.2, 0.25) is 0 Å². The number of hydrogen-bond donors (Lipinski definition) is 1. The summed E-state index contributed by atoms with van der Waals surface area (Å²) < 4.78 is 12.3. The van der Waals surface area contributed by atoms with Crippen LogP contribution in [0.4, 0.5) is 11.4 Å². The lowest BCUT2D eigenvalue weighted by Crippen LogP contribution is -1.90. The van der Waals surface area contributed by atoms with Crippen molar-refractivity contribution in [1.82, 2.24) is 0 Å². The zero-order valence-electron chi connectivity index (χ0n) is 14.4. The molecule has 0 aliphatic rings. The van der Waals surface area contributed by atoms with Gasteiger partial charge in [-0.1, -0.05) is 60.7 Å². The molecule has 27 heavy (non-hydrogen) atoms. The van der Waals surface area contributed by atoms with Crippen molar-refractivity contribution in [2.45, 2.75) is 0 Å². The molecule has 0 bridgehead atoms. The highest BCUT2D eigenvalue weighted by atomic mass is 16.3. The number of anilines is 2. The third-order valence-corrected chi connectivity index (χ3v) is 5.08. The van der Waals surface area contributed by atoms with Gasteiger partial charge in [0.25, 0.3) is 0 Å². The van der Waals surface area contributed by atoms with Crippen LogP contribution in [-0.2, 0) is 0 Å². The number of hydrogen-bond acceptors (Lipinski definition) is 3. The third-order valence-electron chi connectivity index (χ3n) is 5.08. The highest BCUT2D eigenvalue weighted by Crippen LogP contribution is 2.38. The molecule has 0 saturated carbocycles. The van der Waals surface area contributed by atoms with E-state index in [0.717, 1.165) is 55.3 Å². The summed E-state index contributed by atoms with van der Waals surface area (Å²) in [7, 11) is 0. The number of para-hydroxylation sites is 4. The van der Waals surface area contributed by atoms with E-state index >= 15 is 0 Å². The van der Waals surface area contributed by atoms with E-state index in [9.17, 15) is 0 Å². The number of fused-ring (bicyclic) bond motifs is 6. The third kappa shape index (κ3) is 2.09. The predicted molar refractivity (Wildman–Crippen MR) is 111 cm³/mol. The number of rotatable bonds is 2.